The van der Waals surface area contributed by atoms with Gasteiger partial charge in [0.15, 0.2) is 0 Å². The Morgan fingerprint density at radius 2 is 1.56 bits per heavy atom. The first kappa shape index (κ1) is 17.6. The Balaban J connectivity index is 1.42. The van der Waals surface area contributed by atoms with E-state index in [4.69, 9.17) is 0 Å². The molecule has 1 aliphatic heterocycles. The molecule has 25 heavy (non-hydrogen) atoms. The maximum Gasteiger partial charge on any atom is 0.251 e. The zero-order valence-electron chi connectivity index (χ0n) is 14.9. The van der Waals surface area contributed by atoms with Gasteiger partial charge in [0.05, 0.1) is 0 Å². The number of hydrogen-bond donors (Lipinski definition) is 1. The van der Waals surface area contributed by atoms with Crippen LogP contribution in [0.15, 0.2) is 54.6 Å². The molecule has 0 bridgehead atoms. The normalized spacial score (nSPS) is 15.9. The van der Waals surface area contributed by atoms with Gasteiger partial charge in [0.1, 0.15) is 0 Å². The number of likely N-dealkylation sites (N-methyl/N-ethyl adjacent to an activating group) is 1. The fourth-order valence-electron chi connectivity index (χ4n) is 3.12. The Kier molecular flexibility index (Phi) is 6.20. The summed E-state index contributed by atoms with van der Waals surface area (Å²) in [7, 11) is 2.17. The van der Waals surface area contributed by atoms with Gasteiger partial charge in [0.2, 0.25) is 0 Å². The number of nitrogens with one attached hydrogen (secondary N) is 1. The Labute approximate surface area is 150 Å². The second-order valence-corrected chi connectivity index (χ2v) is 6.70. The second-order valence-electron chi connectivity index (χ2n) is 6.70. The van der Waals surface area contributed by atoms with E-state index in [1.807, 2.05) is 42.5 Å². The maximum absolute atomic E-state index is 12.3. The van der Waals surface area contributed by atoms with Crippen LogP contribution in [0.3, 0.4) is 0 Å². The summed E-state index contributed by atoms with van der Waals surface area (Å²) in [5, 5.41) is 3.03. The van der Waals surface area contributed by atoms with Crippen molar-refractivity contribution in [3.63, 3.8) is 0 Å². The van der Waals surface area contributed by atoms with Crippen LogP contribution >= 0.6 is 0 Å². The number of carbonyl (C=O) groups is 1. The number of hydrogen-bond acceptors (Lipinski definition) is 3. The molecule has 2 aromatic carbocycles. The molecule has 0 aromatic heterocycles. The van der Waals surface area contributed by atoms with Crippen molar-refractivity contribution in [2.75, 3.05) is 46.3 Å². The highest BCUT2D eigenvalue weighted by Crippen LogP contribution is 2.19. The van der Waals surface area contributed by atoms with Crippen LogP contribution in [0, 0.1) is 0 Å². The van der Waals surface area contributed by atoms with Crippen LogP contribution in [0.4, 0.5) is 0 Å². The minimum atomic E-state index is 0.0120. The summed E-state index contributed by atoms with van der Waals surface area (Å²) in [5.74, 6) is 0.0120. The van der Waals surface area contributed by atoms with Crippen LogP contribution in [0.1, 0.15) is 16.8 Å². The summed E-state index contributed by atoms with van der Waals surface area (Å²) >= 11 is 0. The van der Waals surface area contributed by atoms with Gasteiger partial charge in [-0.15, -0.1) is 0 Å². The minimum Gasteiger partial charge on any atom is -0.352 e. The number of piperazine rings is 1. The zero-order chi connectivity index (χ0) is 17.5. The lowest BCUT2D eigenvalue weighted by atomic mass is 10.0. The average Bonchev–Trinajstić information content (AvgIpc) is 2.67. The van der Waals surface area contributed by atoms with Gasteiger partial charge in [-0.3, -0.25) is 4.79 Å². The Morgan fingerprint density at radius 3 is 2.24 bits per heavy atom. The van der Waals surface area contributed by atoms with E-state index in [9.17, 15) is 4.79 Å². The van der Waals surface area contributed by atoms with Gasteiger partial charge < -0.3 is 15.1 Å². The SMILES string of the molecule is CN1CCN(CCCNC(=O)c2ccc(-c3ccccc3)cc2)CC1. The van der Waals surface area contributed by atoms with Gasteiger partial charge >= 0.3 is 0 Å². The summed E-state index contributed by atoms with van der Waals surface area (Å²) in [5.41, 5.74) is 3.02. The fourth-order valence-corrected chi connectivity index (χ4v) is 3.12. The number of nitrogens with zero attached hydrogens (tertiary/aromatic N) is 2. The minimum absolute atomic E-state index is 0.0120. The number of carbonyl (C=O) groups excluding carboxylic acids is 1. The van der Waals surface area contributed by atoms with Crippen molar-refractivity contribution in [3.05, 3.63) is 60.2 Å². The molecule has 0 atom stereocenters. The van der Waals surface area contributed by atoms with Crippen molar-refractivity contribution in [3.8, 4) is 11.1 Å². The molecule has 132 valence electrons. The van der Waals surface area contributed by atoms with Crippen molar-refractivity contribution >= 4 is 5.91 Å². The van der Waals surface area contributed by atoms with E-state index in [0.717, 1.165) is 56.8 Å². The van der Waals surface area contributed by atoms with Crippen LogP contribution in [0.2, 0.25) is 0 Å². The van der Waals surface area contributed by atoms with Gasteiger partial charge in [0.25, 0.3) is 5.91 Å². The Morgan fingerprint density at radius 1 is 0.920 bits per heavy atom. The molecule has 1 aliphatic rings. The molecule has 1 heterocycles. The second kappa shape index (κ2) is 8.79. The lowest BCUT2D eigenvalue weighted by Crippen LogP contribution is -2.45. The average molecular weight is 337 g/mol. The van der Waals surface area contributed by atoms with Crippen LogP contribution in [-0.2, 0) is 0 Å². The summed E-state index contributed by atoms with van der Waals surface area (Å²) in [6, 6.07) is 18.0. The van der Waals surface area contributed by atoms with Gasteiger partial charge in [-0.1, -0.05) is 42.5 Å². The van der Waals surface area contributed by atoms with Crippen molar-refractivity contribution < 1.29 is 4.79 Å². The lowest BCUT2D eigenvalue weighted by Gasteiger charge is -2.32. The van der Waals surface area contributed by atoms with E-state index < -0.39 is 0 Å². The quantitative estimate of drug-likeness (QED) is 0.823. The van der Waals surface area contributed by atoms with Crippen molar-refractivity contribution in [2.24, 2.45) is 0 Å². The third kappa shape index (κ3) is 5.15. The fraction of sp³-hybridized carbons (Fsp3) is 0.381. The van der Waals surface area contributed by atoms with E-state index in [2.05, 4.69) is 34.3 Å². The van der Waals surface area contributed by atoms with Crippen molar-refractivity contribution in [2.45, 2.75) is 6.42 Å². The van der Waals surface area contributed by atoms with Crippen molar-refractivity contribution in [1.82, 2.24) is 15.1 Å². The summed E-state index contributed by atoms with van der Waals surface area (Å²) < 4.78 is 0. The van der Waals surface area contributed by atoms with E-state index >= 15 is 0 Å². The van der Waals surface area contributed by atoms with Crippen LogP contribution in [0.25, 0.3) is 11.1 Å². The summed E-state index contributed by atoms with van der Waals surface area (Å²) in [6.45, 7) is 6.32. The van der Waals surface area contributed by atoms with E-state index in [1.165, 1.54) is 5.56 Å². The molecule has 3 rings (SSSR count). The zero-order valence-corrected chi connectivity index (χ0v) is 14.9. The predicted octanol–water partition coefficient (Wildman–Crippen LogP) is 2.72. The Hall–Kier alpha value is -2.17. The first-order chi connectivity index (χ1) is 12.2. The maximum atomic E-state index is 12.3. The molecule has 0 radical (unpaired) electrons. The molecule has 0 spiro atoms. The molecule has 4 heteroatoms. The number of benzene rings is 2. The molecule has 2 aromatic rings. The predicted molar refractivity (Wildman–Crippen MR) is 103 cm³/mol. The highest BCUT2D eigenvalue weighted by molar-refractivity contribution is 5.94. The van der Waals surface area contributed by atoms with Gasteiger partial charge in [-0.25, -0.2) is 0 Å². The van der Waals surface area contributed by atoms with Crippen LogP contribution < -0.4 is 5.32 Å². The molecular formula is C21H27N3O. The molecule has 0 unspecified atom stereocenters. The smallest absolute Gasteiger partial charge is 0.251 e. The van der Waals surface area contributed by atoms with E-state index in [0.29, 0.717) is 0 Å². The standard InChI is InChI=1S/C21H27N3O/c1-23-14-16-24(17-15-23)13-5-12-22-21(25)20-10-8-19(9-11-20)18-6-3-2-4-7-18/h2-4,6-11H,5,12-17H2,1H3,(H,22,25). The van der Waals surface area contributed by atoms with Gasteiger partial charge in [-0.05, 0) is 43.3 Å². The highest BCUT2D eigenvalue weighted by Gasteiger charge is 2.13. The molecule has 1 fully saturated rings. The molecule has 0 aliphatic carbocycles. The summed E-state index contributed by atoms with van der Waals surface area (Å²) in [4.78, 5) is 17.1. The van der Waals surface area contributed by atoms with Gasteiger partial charge in [0, 0.05) is 38.3 Å². The molecule has 1 saturated heterocycles. The third-order valence-corrected chi connectivity index (χ3v) is 4.79. The van der Waals surface area contributed by atoms with Gasteiger partial charge in [-0.2, -0.15) is 0 Å². The topological polar surface area (TPSA) is 35.6 Å². The monoisotopic (exact) mass is 337 g/mol. The first-order valence-electron chi connectivity index (χ1n) is 9.07. The molecule has 0 saturated carbocycles. The van der Waals surface area contributed by atoms with Crippen LogP contribution in [-0.4, -0.2) is 62.0 Å². The number of rotatable bonds is 6. The lowest BCUT2D eigenvalue weighted by molar-refractivity contribution is 0.0949. The summed E-state index contributed by atoms with van der Waals surface area (Å²) in [6.07, 6.45) is 0.998. The van der Waals surface area contributed by atoms with E-state index in [-0.39, 0.29) is 5.91 Å². The first-order valence-corrected chi connectivity index (χ1v) is 9.07. The van der Waals surface area contributed by atoms with E-state index in [1.54, 1.807) is 0 Å². The van der Waals surface area contributed by atoms with Crippen molar-refractivity contribution in [1.29, 1.82) is 0 Å². The Bertz CT molecular complexity index is 661. The number of amides is 1. The highest BCUT2D eigenvalue weighted by atomic mass is 16.1. The molecular weight excluding hydrogens is 310 g/mol. The largest absolute Gasteiger partial charge is 0.352 e. The van der Waals surface area contributed by atoms with Crippen LogP contribution in [0.5, 0.6) is 0 Å². The molecule has 1 amide bonds. The molecule has 4 nitrogen and oxygen atoms in total. The third-order valence-electron chi connectivity index (χ3n) is 4.79. The molecule has 1 N–H and O–H groups in total.